The molecular formula is C40H46Cl2Si2Zr. The zero-order valence-electron chi connectivity index (χ0n) is 28.2. The Labute approximate surface area is 294 Å². The van der Waals surface area contributed by atoms with Crippen LogP contribution in [-0.4, -0.2) is 17.6 Å². The van der Waals surface area contributed by atoms with Gasteiger partial charge in [-0.3, -0.25) is 0 Å². The van der Waals surface area contributed by atoms with Gasteiger partial charge in [0.2, 0.25) is 0 Å². The van der Waals surface area contributed by atoms with Crippen LogP contribution in [0.3, 0.4) is 0 Å². The molecule has 0 fully saturated rings. The molecule has 0 aliphatic heterocycles. The second kappa shape index (κ2) is 17.8. The zero-order chi connectivity index (χ0) is 33.1. The fourth-order valence-corrected chi connectivity index (χ4v) is 6.62. The van der Waals surface area contributed by atoms with Crippen molar-refractivity contribution in [3.05, 3.63) is 126 Å². The van der Waals surface area contributed by atoms with Crippen LogP contribution in [0.15, 0.2) is 109 Å². The molecule has 2 radical (unpaired) electrons. The Hall–Kier alpha value is -2.00. The van der Waals surface area contributed by atoms with Crippen LogP contribution in [-0.2, 0) is 20.8 Å². The molecule has 0 bridgehead atoms. The van der Waals surface area contributed by atoms with Crippen molar-refractivity contribution in [3.8, 4) is 22.3 Å². The molecule has 6 aromatic rings. The Morgan fingerprint density at radius 3 is 1.84 bits per heavy atom. The van der Waals surface area contributed by atoms with Gasteiger partial charge in [0.15, 0.2) is 0 Å². The van der Waals surface area contributed by atoms with Crippen LogP contribution >= 0.6 is 17.0 Å². The van der Waals surface area contributed by atoms with Gasteiger partial charge in [-0.05, 0) is 17.0 Å². The minimum atomic E-state index is -1.22. The first kappa shape index (κ1) is 37.5. The summed E-state index contributed by atoms with van der Waals surface area (Å²) in [5.74, 6) is 0.584. The zero-order valence-corrected chi connectivity index (χ0v) is 34.2. The third-order valence-electron chi connectivity index (χ3n) is 7.84. The van der Waals surface area contributed by atoms with Gasteiger partial charge < -0.3 is 0 Å². The summed E-state index contributed by atoms with van der Waals surface area (Å²) in [7, 11) is 9.74. The molecule has 0 unspecified atom stereocenters. The third kappa shape index (κ3) is 10.2. The van der Waals surface area contributed by atoms with Crippen molar-refractivity contribution in [1.29, 1.82) is 0 Å². The molecular weight excluding hydrogens is 699 g/mol. The van der Waals surface area contributed by atoms with Gasteiger partial charge in [-0.1, -0.05) is 143 Å². The van der Waals surface area contributed by atoms with Crippen molar-refractivity contribution in [3.63, 3.8) is 0 Å². The summed E-state index contributed by atoms with van der Waals surface area (Å²) in [6.45, 7) is 20.4. The van der Waals surface area contributed by atoms with E-state index in [0.717, 1.165) is 9.52 Å². The van der Waals surface area contributed by atoms with E-state index in [9.17, 15) is 0 Å². The predicted molar refractivity (Wildman–Crippen MR) is 206 cm³/mol. The molecule has 6 rings (SSSR count). The van der Waals surface area contributed by atoms with Gasteiger partial charge in [-0.25, -0.2) is 0 Å². The van der Waals surface area contributed by atoms with Crippen LogP contribution in [0.1, 0.15) is 36.5 Å². The van der Waals surface area contributed by atoms with Gasteiger partial charge in [0, 0.05) is 9.52 Å². The maximum atomic E-state index is 4.93. The van der Waals surface area contributed by atoms with Gasteiger partial charge in [-0.2, -0.15) is 12.1 Å². The number of fused-ring (bicyclic) bond motifs is 2. The van der Waals surface area contributed by atoms with E-state index in [-0.39, 0.29) is 0 Å². The molecule has 0 saturated heterocycles. The van der Waals surface area contributed by atoms with E-state index in [0.29, 0.717) is 5.92 Å². The Balaban J connectivity index is 0.000000211. The molecule has 45 heavy (non-hydrogen) atoms. The van der Waals surface area contributed by atoms with E-state index in [4.69, 9.17) is 17.0 Å². The first-order valence-electron chi connectivity index (χ1n) is 15.5. The normalized spacial score (nSPS) is 10.8. The van der Waals surface area contributed by atoms with Crippen molar-refractivity contribution in [1.82, 2.24) is 0 Å². The van der Waals surface area contributed by atoms with E-state index in [1.54, 1.807) is 0 Å². The van der Waals surface area contributed by atoms with Crippen molar-refractivity contribution in [2.24, 2.45) is 0 Å². The summed E-state index contributed by atoms with van der Waals surface area (Å²) in [6, 6.07) is 40.2. The SMILES string of the molecule is CC(C)c1cc2c(-c3ccccc3)cccc2[cH-]1.C[Si]C.Cc1cc2c(-c3ccc([Si](C)(C)C)cc3)ccc(C)c2[cH-]1.[Cl][Zr+2][Cl]. The maximum absolute atomic E-state index is 4.93. The Morgan fingerprint density at radius 1 is 0.689 bits per heavy atom. The van der Waals surface area contributed by atoms with Gasteiger partial charge in [0.1, 0.15) is 0 Å². The number of benzene rings is 4. The van der Waals surface area contributed by atoms with E-state index in [1.807, 2.05) is 0 Å². The molecule has 0 aliphatic carbocycles. The average molecular weight is 745 g/mol. The molecule has 0 aliphatic rings. The van der Waals surface area contributed by atoms with Crippen LogP contribution in [0.25, 0.3) is 43.8 Å². The van der Waals surface area contributed by atoms with E-state index >= 15 is 0 Å². The fraction of sp³-hybridized carbons (Fsp3) is 0.250. The predicted octanol–water partition coefficient (Wildman–Crippen LogP) is 12.9. The van der Waals surface area contributed by atoms with Gasteiger partial charge in [0.25, 0.3) is 0 Å². The molecule has 232 valence electrons. The van der Waals surface area contributed by atoms with Crippen LogP contribution < -0.4 is 5.19 Å². The Morgan fingerprint density at radius 2 is 1.27 bits per heavy atom. The molecule has 5 heteroatoms. The van der Waals surface area contributed by atoms with Crippen molar-refractivity contribution < 1.29 is 20.8 Å². The summed E-state index contributed by atoms with van der Waals surface area (Å²) < 4.78 is 0. The van der Waals surface area contributed by atoms with Crippen LogP contribution in [0.2, 0.25) is 32.7 Å². The Kier molecular flexibility index (Phi) is 14.8. The molecule has 0 saturated carbocycles. The molecule has 0 nitrogen and oxygen atoms in total. The van der Waals surface area contributed by atoms with E-state index in [2.05, 4.69) is 170 Å². The second-order valence-corrected chi connectivity index (χ2v) is 22.6. The summed E-state index contributed by atoms with van der Waals surface area (Å²) >= 11 is -0.826. The quantitative estimate of drug-likeness (QED) is 0.125. The molecule has 0 aromatic heterocycles. The summed E-state index contributed by atoms with van der Waals surface area (Å²) in [4.78, 5) is 0. The average Bonchev–Trinajstić information content (AvgIpc) is 3.63. The minimum absolute atomic E-state index is 0.584. The summed E-state index contributed by atoms with van der Waals surface area (Å²) in [6.07, 6.45) is 0. The number of rotatable bonds is 4. The van der Waals surface area contributed by atoms with Crippen molar-refractivity contribution >= 4 is 61.4 Å². The topological polar surface area (TPSA) is 0 Å². The summed E-state index contributed by atoms with van der Waals surface area (Å²) in [5, 5.41) is 7.01. The van der Waals surface area contributed by atoms with E-state index in [1.165, 1.54) is 65.7 Å². The van der Waals surface area contributed by atoms with Gasteiger partial charge in [-0.15, -0.1) is 68.6 Å². The molecule has 6 aromatic carbocycles. The first-order chi connectivity index (χ1) is 21.4. The summed E-state index contributed by atoms with van der Waals surface area (Å²) in [5.41, 5.74) is 9.44. The van der Waals surface area contributed by atoms with Crippen LogP contribution in [0.4, 0.5) is 0 Å². The molecule has 0 spiro atoms. The third-order valence-corrected chi connectivity index (χ3v) is 9.90. The molecule has 0 amide bonds. The second-order valence-electron chi connectivity index (χ2n) is 12.8. The number of halogens is 2. The van der Waals surface area contributed by atoms with E-state index < -0.39 is 28.9 Å². The van der Waals surface area contributed by atoms with Crippen LogP contribution in [0, 0.1) is 13.8 Å². The molecule has 0 heterocycles. The number of hydrogen-bond donors (Lipinski definition) is 0. The molecule has 0 atom stereocenters. The fourth-order valence-electron chi connectivity index (χ4n) is 5.45. The molecule has 0 N–H and O–H groups in total. The van der Waals surface area contributed by atoms with Gasteiger partial charge in [0.05, 0.1) is 8.07 Å². The Bertz CT molecular complexity index is 1760. The first-order valence-corrected chi connectivity index (χ1v) is 27.3. The van der Waals surface area contributed by atoms with Crippen molar-refractivity contribution in [2.75, 3.05) is 0 Å². The van der Waals surface area contributed by atoms with Crippen LogP contribution in [0.5, 0.6) is 0 Å². The monoisotopic (exact) mass is 742 g/mol. The standard InChI is InChI=1S/C20H23Si.C18H17.C2H6Si.2ClH.Zr/c1-14-12-19-15(2)6-11-18(20(19)13-14)16-7-9-17(10-8-16)21(3,4)5;1-13(2)16-11-15-9-6-10-17(18(15)12-16)14-7-4-3-5-8-14;1-3-2;;;/h6-13H,1-5H3;3-13H,1-2H3;1-2H3;2*1H;/q2*-1;;;;+4/p-2. The van der Waals surface area contributed by atoms with Crippen molar-refractivity contribution in [2.45, 2.75) is 66.3 Å². The van der Waals surface area contributed by atoms with Gasteiger partial charge >= 0.3 is 37.9 Å². The number of hydrogen-bond acceptors (Lipinski definition) is 0. The number of aryl methyl sites for hydroxylation is 2.